The van der Waals surface area contributed by atoms with Gasteiger partial charge in [-0.25, -0.2) is 0 Å². The van der Waals surface area contributed by atoms with Crippen LogP contribution in [0.5, 0.6) is 0 Å². The van der Waals surface area contributed by atoms with Crippen LogP contribution in [-0.2, 0) is 30.7 Å². The molecule has 1 aromatic carbocycles. The topological polar surface area (TPSA) is 40.6 Å². The number of rotatable bonds is 5. The lowest BCUT2D eigenvalue weighted by atomic mass is 9.89. The van der Waals surface area contributed by atoms with Crippen molar-refractivity contribution in [3.05, 3.63) is 64.5 Å². The van der Waals surface area contributed by atoms with Gasteiger partial charge in [0.05, 0.1) is 24.9 Å². The van der Waals surface area contributed by atoms with Gasteiger partial charge in [0.1, 0.15) is 0 Å². The second-order valence-electron chi connectivity index (χ2n) is 9.12. The van der Waals surface area contributed by atoms with E-state index in [1.54, 1.807) is 5.56 Å². The highest BCUT2D eigenvalue weighted by Gasteiger charge is 2.28. The molecule has 2 aliphatic heterocycles. The Balaban J connectivity index is 1.28. The number of hydrogen-bond donors (Lipinski definition) is 1. The molecule has 1 aliphatic carbocycles. The number of aryl methyl sites for hydroxylation is 1. The van der Waals surface area contributed by atoms with Gasteiger partial charge in [-0.1, -0.05) is 24.3 Å². The van der Waals surface area contributed by atoms with Gasteiger partial charge in [0.15, 0.2) is 0 Å². The number of ether oxygens (including phenoxy) is 1. The number of likely N-dealkylation sites (N-methyl/N-ethyl adjacent to an activating group) is 1. The van der Waals surface area contributed by atoms with Crippen LogP contribution in [0.3, 0.4) is 0 Å². The van der Waals surface area contributed by atoms with E-state index in [1.807, 2.05) is 6.20 Å². The number of benzene rings is 1. The Bertz CT molecular complexity index is 864. The third-order valence-electron chi connectivity index (χ3n) is 7.11. The van der Waals surface area contributed by atoms with Crippen molar-refractivity contribution in [1.82, 2.24) is 20.1 Å². The smallest absolute Gasteiger partial charge is 0.0607 e. The number of pyridine rings is 1. The first-order valence-corrected chi connectivity index (χ1v) is 11.5. The molecule has 3 heterocycles. The van der Waals surface area contributed by atoms with E-state index in [4.69, 9.17) is 9.72 Å². The number of morpholine rings is 1. The van der Waals surface area contributed by atoms with Crippen LogP contribution in [0.1, 0.15) is 46.8 Å². The van der Waals surface area contributed by atoms with Crippen LogP contribution in [-0.4, -0.2) is 60.7 Å². The number of hydrogen-bond acceptors (Lipinski definition) is 5. The Hall–Kier alpha value is -1.79. The van der Waals surface area contributed by atoms with Gasteiger partial charge in [0.2, 0.25) is 0 Å². The van der Waals surface area contributed by atoms with Crippen LogP contribution in [0.2, 0.25) is 0 Å². The minimum atomic E-state index is 0.446. The number of fused-ring (bicyclic) bond motifs is 2. The van der Waals surface area contributed by atoms with Crippen molar-refractivity contribution in [1.29, 1.82) is 0 Å². The van der Waals surface area contributed by atoms with Crippen molar-refractivity contribution < 1.29 is 4.74 Å². The van der Waals surface area contributed by atoms with E-state index < -0.39 is 0 Å². The molecule has 0 saturated carbocycles. The summed E-state index contributed by atoms with van der Waals surface area (Å²) in [6.45, 7) is 6.90. The Morgan fingerprint density at radius 1 is 1.17 bits per heavy atom. The first-order chi connectivity index (χ1) is 14.8. The maximum atomic E-state index is 5.53. The van der Waals surface area contributed by atoms with Gasteiger partial charge in [-0.05, 0) is 61.1 Å². The zero-order valence-corrected chi connectivity index (χ0v) is 18.1. The summed E-state index contributed by atoms with van der Waals surface area (Å²) in [4.78, 5) is 9.83. The summed E-state index contributed by atoms with van der Waals surface area (Å²) >= 11 is 0. The van der Waals surface area contributed by atoms with Crippen molar-refractivity contribution in [3.63, 3.8) is 0 Å². The fourth-order valence-corrected chi connectivity index (χ4v) is 5.45. The molecular weight excluding hydrogens is 372 g/mol. The highest BCUT2D eigenvalue weighted by Crippen LogP contribution is 2.32. The summed E-state index contributed by atoms with van der Waals surface area (Å²) in [7, 11) is 2.28. The second kappa shape index (κ2) is 9.15. The molecule has 0 radical (unpaired) electrons. The van der Waals surface area contributed by atoms with Crippen molar-refractivity contribution >= 4 is 0 Å². The molecule has 1 fully saturated rings. The fourth-order valence-electron chi connectivity index (χ4n) is 5.45. The Morgan fingerprint density at radius 3 is 2.93 bits per heavy atom. The number of nitrogens with zero attached hydrogens (tertiary/aromatic N) is 3. The highest BCUT2D eigenvalue weighted by molar-refractivity contribution is 5.38. The molecule has 5 rings (SSSR count). The van der Waals surface area contributed by atoms with E-state index in [0.717, 1.165) is 52.4 Å². The average Bonchev–Trinajstić information content (AvgIpc) is 2.80. The summed E-state index contributed by atoms with van der Waals surface area (Å²) in [5.41, 5.74) is 7.30. The van der Waals surface area contributed by atoms with E-state index in [1.165, 1.54) is 41.6 Å². The minimum Gasteiger partial charge on any atom is -0.379 e. The molecule has 1 N–H and O–H groups in total. The van der Waals surface area contributed by atoms with E-state index in [0.29, 0.717) is 12.1 Å². The predicted octanol–water partition coefficient (Wildman–Crippen LogP) is 2.94. The van der Waals surface area contributed by atoms with Gasteiger partial charge < -0.3 is 10.1 Å². The van der Waals surface area contributed by atoms with Crippen LogP contribution in [0.25, 0.3) is 0 Å². The fraction of sp³-hybridized carbons (Fsp3) is 0.560. The minimum absolute atomic E-state index is 0.446. The van der Waals surface area contributed by atoms with Crippen molar-refractivity contribution in [2.45, 2.75) is 50.9 Å². The van der Waals surface area contributed by atoms with E-state index in [-0.39, 0.29) is 0 Å². The molecule has 160 valence electrons. The zero-order valence-electron chi connectivity index (χ0n) is 18.1. The molecule has 0 amide bonds. The van der Waals surface area contributed by atoms with Crippen molar-refractivity contribution in [2.24, 2.45) is 0 Å². The summed E-state index contributed by atoms with van der Waals surface area (Å²) in [6, 6.07) is 12.1. The zero-order chi connectivity index (χ0) is 20.3. The van der Waals surface area contributed by atoms with Crippen LogP contribution in [0, 0.1) is 0 Å². The Morgan fingerprint density at radius 2 is 2.03 bits per heavy atom. The van der Waals surface area contributed by atoms with Gasteiger partial charge in [-0.2, -0.15) is 0 Å². The predicted molar refractivity (Wildman–Crippen MR) is 119 cm³/mol. The average molecular weight is 407 g/mol. The molecule has 1 aromatic heterocycles. The first-order valence-electron chi connectivity index (χ1n) is 11.5. The largest absolute Gasteiger partial charge is 0.379 e. The van der Waals surface area contributed by atoms with E-state index in [2.05, 4.69) is 52.5 Å². The molecule has 5 heteroatoms. The lowest BCUT2D eigenvalue weighted by Crippen LogP contribution is -2.45. The van der Waals surface area contributed by atoms with Crippen LogP contribution in [0.4, 0.5) is 0 Å². The summed E-state index contributed by atoms with van der Waals surface area (Å²) < 4.78 is 5.53. The molecule has 1 saturated heterocycles. The van der Waals surface area contributed by atoms with Crippen LogP contribution < -0.4 is 5.32 Å². The lowest BCUT2D eigenvalue weighted by molar-refractivity contribution is 0.0340. The van der Waals surface area contributed by atoms with Gasteiger partial charge in [0, 0.05) is 45.0 Å². The lowest BCUT2D eigenvalue weighted by Gasteiger charge is -2.37. The molecule has 5 nitrogen and oxygen atoms in total. The molecule has 3 aliphatic rings. The quantitative estimate of drug-likeness (QED) is 0.827. The first kappa shape index (κ1) is 20.1. The second-order valence-corrected chi connectivity index (χ2v) is 9.12. The summed E-state index contributed by atoms with van der Waals surface area (Å²) in [6.07, 6.45) is 6.72. The van der Waals surface area contributed by atoms with Gasteiger partial charge in [-0.15, -0.1) is 0 Å². The number of aromatic nitrogens is 1. The van der Waals surface area contributed by atoms with Gasteiger partial charge >= 0.3 is 0 Å². The Kier molecular flexibility index (Phi) is 6.14. The molecule has 0 bridgehead atoms. The van der Waals surface area contributed by atoms with Gasteiger partial charge in [-0.3, -0.25) is 14.8 Å². The molecular formula is C25H34N4O. The molecule has 2 aromatic rings. The molecule has 30 heavy (non-hydrogen) atoms. The molecule has 0 spiro atoms. The maximum Gasteiger partial charge on any atom is 0.0607 e. The van der Waals surface area contributed by atoms with E-state index >= 15 is 0 Å². The Labute approximate surface area is 180 Å². The van der Waals surface area contributed by atoms with Crippen LogP contribution >= 0.6 is 0 Å². The normalized spacial score (nSPS) is 24.5. The van der Waals surface area contributed by atoms with Crippen molar-refractivity contribution in [3.8, 4) is 0 Å². The standard InChI is InChI=1S/C25H34N4O/c1-28(24-9-3-5-19-8-4-10-26-25(19)24)18-22-15-23-20(16-27-22)6-2-7-21(23)17-29-11-13-30-14-12-29/h2,4,6-8,10,22,24,27H,3,5,9,11-18H2,1H3/t22-,24?/m1/s1. The highest BCUT2D eigenvalue weighted by atomic mass is 16.5. The molecule has 1 unspecified atom stereocenters. The third kappa shape index (κ3) is 4.30. The van der Waals surface area contributed by atoms with Gasteiger partial charge in [0.25, 0.3) is 0 Å². The summed E-state index contributed by atoms with van der Waals surface area (Å²) in [5, 5.41) is 3.80. The maximum absolute atomic E-state index is 5.53. The molecule has 2 atom stereocenters. The van der Waals surface area contributed by atoms with E-state index in [9.17, 15) is 0 Å². The number of nitrogens with one attached hydrogen (secondary N) is 1. The SMILES string of the molecule is CN(C[C@H]1Cc2c(cccc2CN2CCOCC2)CN1)C1CCCc2cccnc21. The van der Waals surface area contributed by atoms with Crippen molar-refractivity contribution in [2.75, 3.05) is 39.9 Å². The third-order valence-corrected chi connectivity index (χ3v) is 7.11. The summed E-state index contributed by atoms with van der Waals surface area (Å²) in [5.74, 6) is 0. The van der Waals surface area contributed by atoms with Crippen LogP contribution in [0.15, 0.2) is 36.5 Å². The monoisotopic (exact) mass is 406 g/mol.